The molecule has 0 bridgehead atoms. The molecule has 7 nitrogen and oxygen atoms in total. The van der Waals surface area contributed by atoms with Gasteiger partial charge >= 0.3 is 0 Å². The molecule has 0 aliphatic carbocycles. The van der Waals surface area contributed by atoms with E-state index >= 15 is 0 Å². The van der Waals surface area contributed by atoms with E-state index in [4.69, 9.17) is 14.2 Å². The van der Waals surface area contributed by atoms with E-state index in [0.717, 1.165) is 104 Å². The van der Waals surface area contributed by atoms with Gasteiger partial charge in [-0.1, -0.05) is 342 Å². The first-order valence-corrected chi connectivity index (χ1v) is 46.3. The van der Waals surface area contributed by atoms with Crippen molar-refractivity contribution in [2.45, 2.75) is 455 Å². The molecule has 0 amide bonds. The average Bonchev–Trinajstić information content (AvgIpc) is 1.73. The molecule has 7 saturated heterocycles. The number of hydrogen-bond donors (Lipinski definition) is 4. The van der Waals surface area contributed by atoms with Crippen molar-refractivity contribution in [2.24, 2.45) is 105 Å². The summed E-state index contributed by atoms with van der Waals surface area (Å²) >= 11 is 0. The van der Waals surface area contributed by atoms with Gasteiger partial charge in [0.05, 0.1) is 12.2 Å². The van der Waals surface area contributed by atoms with E-state index < -0.39 is 0 Å². The number of ether oxygens (including phenoxy) is 3. The van der Waals surface area contributed by atoms with Crippen molar-refractivity contribution in [1.29, 1.82) is 0 Å². The molecule has 7 heteroatoms. The summed E-state index contributed by atoms with van der Waals surface area (Å²) in [6.45, 7) is 107. The highest BCUT2D eigenvalue weighted by molar-refractivity contribution is 4.99. The number of rotatable bonds is 14. The van der Waals surface area contributed by atoms with Crippen LogP contribution in [0.2, 0.25) is 0 Å². The fourth-order valence-electron chi connectivity index (χ4n) is 17.8. The van der Waals surface area contributed by atoms with Crippen LogP contribution in [0.3, 0.4) is 0 Å². The first kappa shape index (κ1) is 117. The molecule has 638 valence electrons. The lowest BCUT2D eigenvalue weighted by atomic mass is 9.63. The van der Waals surface area contributed by atoms with Crippen LogP contribution in [0.4, 0.5) is 0 Å². The highest BCUT2D eigenvalue weighted by Crippen LogP contribution is 2.47. The first-order chi connectivity index (χ1) is 48.6. The van der Waals surface area contributed by atoms with Crippen LogP contribution < -0.4 is 21.3 Å². The molecule has 104 heavy (non-hydrogen) atoms. The molecule has 0 radical (unpaired) electrons. The monoisotopic (exact) mass is 1480 g/mol. The summed E-state index contributed by atoms with van der Waals surface area (Å²) in [4.78, 5) is 0. The molecular formula is C97H212N4O3. The van der Waals surface area contributed by atoms with Gasteiger partial charge < -0.3 is 35.5 Å². The van der Waals surface area contributed by atoms with Crippen molar-refractivity contribution in [3.8, 4) is 0 Å². The minimum atomic E-state index is 0.179. The molecule has 7 aliphatic rings. The zero-order chi connectivity index (χ0) is 82.6. The Bertz CT molecular complexity index is 1350. The molecular weight excluding hydrogens is 1270 g/mol. The summed E-state index contributed by atoms with van der Waals surface area (Å²) < 4.78 is 17.0. The lowest BCUT2D eigenvalue weighted by Crippen LogP contribution is -2.56. The second-order valence-electron chi connectivity index (χ2n) is 37.6. The summed E-state index contributed by atoms with van der Waals surface area (Å²) in [5.41, 5.74) is 3.25. The largest absolute Gasteiger partial charge is 0.381 e. The molecule has 7 fully saturated rings. The molecule has 0 aromatic rings. The Morgan fingerprint density at radius 3 is 0.721 bits per heavy atom. The zero-order valence-electron chi connectivity index (χ0n) is 80.8. The van der Waals surface area contributed by atoms with Crippen LogP contribution >= 0.6 is 0 Å². The third kappa shape index (κ3) is 44.2. The SMILES string of the molecule is CC(C)C1(C(C)C)CCCCN1.CC(C)C1(C(C)C)CCCCO1.CC(C)C1(C(C)C)CCCN1.CC(C)C1(C(C)C)CCCNC1.CC(C)C1(C(C)C)CCCOC1.CC(C)C1(C(C)C)CCNCC1.CC(C)C1(C(C)C)CCOCC1.CCC.CCC.CCC.CCC.CCC.CCC.CCC. The predicted molar refractivity (Wildman–Crippen MR) is 481 cm³/mol. The van der Waals surface area contributed by atoms with Crippen molar-refractivity contribution >= 4 is 0 Å². The van der Waals surface area contributed by atoms with Gasteiger partial charge in [-0.2, -0.15) is 0 Å². The minimum Gasteiger partial charge on any atom is -0.381 e. The van der Waals surface area contributed by atoms with E-state index in [1.807, 2.05) is 0 Å². The predicted octanol–water partition coefficient (Wildman–Crippen LogP) is 29.9. The smallest absolute Gasteiger partial charge is 0.0728 e. The van der Waals surface area contributed by atoms with E-state index in [1.54, 1.807) is 0 Å². The summed E-state index contributed by atoms with van der Waals surface area (Å²) in [5, 5.41) is 14.4. The molecule has 0 atom stereocenters. The van der Waals surface area contributed by atoms with Crippen molar-refractivity contribution in [3.63, 3.8) is 0 Å². The Kier molecular flexibility index (Phi) is 76.9. The van der Waals surface area contributed by atoms with Gasteiger partial charge in [-0.15, -0.1) is 0 Å². The Labute approximate surface area is 663 Å². The fraction of sp³-hybridized carbons (Fsp3) is 1.00. The van der Waals surface area contributed by atoms with Gasteiger partial charge in [-0.25, -0.2) is 0 Å². The van der Waals surface area contributed by atoms with Crippen molar-refractivity contribution < 1.29 is 14.2 Å². The quantitative estimate of drug-likeness (QED) is 0.138. The summed E-state index contributed by atoms with van der Waals surface area (Å²) in [5.74, 6) is 10.7. The maximum absolute atomic E-state index is 5.99. The Morgan fingerprint density at radius 2 is 0.538 bits per heavy atom. The Hall–Kier alpha value is -0.280. The van der Waals surface area contributed by atoms with Crippen LogP contribution in [-0.4, -0.2) is 89.0 Å². The van der Waals surface area contributed by atoms with Gasteiger partial charge in [0, 0.05) is 44.1 Å². The van der Waals surface area contributed by atoms with Gasteiger partial charge in [0.15, 0.2) is 0 Å². The molecule has 0 aromatic carbocycles. The van der Waals surface area contributed by atoms with Gasteiger partial charge in [0.25, 0.3) is 0 Å². The minimum absolute atomic E-state index is 0.179. The van der Waals surface area contributed by atoms with Crippen molar-refractivity contribution in [1.82, 2.24) is 21.3 Å². The second-order valence-corrected chi connectivity index (χ2v) is 37.6. The molecule has 0 spiro atoms. The zero-order valence-corrected chi connectivity index (χ0v) is 80.8. The summed E-state index contributed by atoms with van der Waals surface area (Å²) in [6.07, 6.45) is 30.0. The molecule has 7 heterocycles. The van der Waals surface area contributed by atoms with Crippen LogP contribution in [0, 0.1) is 105 Å². The molecule has 7 rings (SSSR count). The number of hydrogen-bond acceptors (Lipinski definition) is 7. The van der Waals surface area contributed by atoms with Crippen LogP contribution in [-0.2, 0) is 14.2 Å². The standard InChI is InChI=1S/3C11H23N.3C11H22O.C10H21N.7C3H8/c1-9(2)11(10(3)4)5-7-12-8-6-11;1-9(2)11(10(3)4)6-5-7-12-8-11;1-9(2)11(10(3)4)7-5-6-8-12-11;1-9(2)11(10(3)4)5-7-12-8-6-11;1-9(2)11(10(3)4)6-5-7-12-8-11;1-9(2)11(10(3)4)7-5-6-8-12-11;1-8(2)10(9(3)4)6-5-7-11-10;7*1-3-2/h3*9-10,12H,5-8H2,1-4H3;3*9-10H,5-8H2,1-4H3;8-9,11H,5-7H2,1-4H3;7*3H2,1-2H3. The van der Waals surface area contributed by atoms with E-state index in [9.17, 15) is 0 Å². The normalized spacial score (nSPS) is 20.0. The van der Waals surface area contributed by atoms with Crippen LogP contribution in [0.25, 0.3) is 0 Å². The van der Waals surface area contributed by atoms with E-state index in [0.29, 0.717) is 44.6 Å². The molecule has 7 aliphatic heterocycles. The highest BCUT2D eigenvalue weighted by Gasteiger charge is 2.44. The lowest BCUT2D eigenvalue weighted by Gasteiger charge is -2.45. The van der Waals surface area contributed by atoms with Crippen LogP contribution in [0.1, 0.15) is 438 Å². The molecule has 0 aromatic heterocycles. The number of piperidine rings is 3. The topological polar surface area (TPSA) is 75.8 Å². The van der Waals surface area contributed by atoms with E-state index in [1.165, 1.54) is 187 Å². The highest BCUT2D eigenvalue weighted by atomic mass is 16.5. The maximum Gasteiger partial charge on any atom is 0.0728 e. The van der Waals surface area contributed by atoms with Gasteiger partial charge in [-0.05, 0) is 234 Å². The van der Waals surface area contributed by atoms with Gasteiger partial charge in [0.1, 0.15) is 0 Å². The third-order valence-corrected chi connectivity index (χ3v) is 25.0. The second kappa shape index (κ2) is 68.3. The summed E-state index contributed by atoms with van der Waals surface area (Å²) in [6, 6.07) is 0. The van der Waals surface area contributed by atoms with E-state index in [-0.39, 0.29) is 5.60 Å². The van der Waals surface area contributed by atoms with Crippen molar-refractivity contribution in [2.75, 3.05) is 72.3 Å². The van der Waals surface area contributed by atoms with Gasteiger partial charge in [0.2, 0.25) is 0 Å². The van der Waals surface area contributed by atoms with E-state index in [2.05, 4.69) is 312 Å². The lowest BCUT2D eigenvalue weighted by molar-refractivity contribution is -0.137. The molecule has 4 N–H and O–H groups in total. The van der Waals surface area contributed by atoms with Crippen molar-refractivity contribution in [3.05, 3.63) is 0 Å². The maximum atomic E-state index is 5.99. The fourth-order valence-corrected chi connectivity index (χ4v) is 17.8. The Morgan fingerprint density at radius 1 is 0.231 bits per heavy atom. The summed E-state index contributed by atoms with van der Waals surface area (Å²) in [7, 11) is 0. The van der Waals surface area contributed by atoms with Crippen LogP contribution in [0.5, 0.6) is 0 Å². The molecule has 0 unspecified atom stereocenters. The Balaban J connectivity index is -0.000000202. The van der Waals surface area contributed by atoms with Crippen LogP contribution in [0.15, 0.2) is 0 Å². The average molecular weight is 1480 g/mol. The third-order valence-electron chi connectivity index (χ3n) is 25.0. The number of nitrogens with one attached hydrogen (secondary N) is 4. The molecule has 0 saturated carbocycles. The van der Waals surface area contributed by atoms with Gasteiger partial charge in [-0.3, -0.25) is 0 Å². The first-order valence-electron chi connectivity index (χ1n) is 46.3.